The van der Waals surface area contributed by atoms with Gasteiger partial charge in [0.25, 0.3) is 0 Å². The van der Waals surface area contributed by atoms with Crippen molar-refractivity contribution in [3.63, 3.8) is 0 Å². The number of nitrogens with one attached hydrogen (secondary N) is 1. The van der Waals surface area contributed by atoms with Gasteiger partial charge in [0.05, 0.1) is 0 Å². The molecule has 17 heavy (non-hydrogen) atoms. The molecule has 0 bridgehead atoms. The lowest BCUT2D eigenvalue weighted by Gasteiger charge is -2.34. The lowest BCUT2D eigenvalue weighted by atomic mass is 9.76. The fourth-order valence-corrected chi connectivity index (χ4v) is 3.31. The standard InChI is InChI=1S/C16H31N/c1-5-6-14-8-10-15(11-9-14)16(17-4)12-7-13(2)3/h14-17H,2,5-12H2,1,3-4H3. The molecule has 0 aliphatic heterocycles. The van der Waals surface area contributed by atoms with Gasteiger partial charge in [-0.15, -0.1) is 6.58 Å². The average molecular weight is 237 g/mol. The SMILES string of the molecule is C=C(C)CCC(NC)C1CCC(CCC)CC1. The summed E-state index contributed by atoms with van der Waals surface area (Å²) in [7, 11) is 2.13. The van der Waals surface area contributed by atoms with Gasteiger partial charge in [-0.2, -0.15) is 0 Å². The number of rotatable bonds is 7. The molecule has 0 heterocycles. The Kier molecular flexibility index (Phi) is 6.87. The third-order valence-electron chi connectivity index (χ3n) is 4.41. The summed E-state index contributed by atoms with van der Waals surface area (Å²) < 4.78 is 0. The maximum Gasteiger partial charge on any atom is 0.00953 e. The van der Waals surface area contributed by atoms with Crippen LogP contribution in [0.2, 0.25) is 0 Å². The fraction of sp³-hybridized carbons (Fsp3) is 0.875. The highest BCUT2D eigenvalue weighted by Gasteiger charge is 2.25. The molecule has 100 valence electrons. The lowest BCUT2D eigenvalue weighted by Crippen LogP contribution is -2.35. The Morgan fingerprint density at radius 2 is 1.94 bits per heavy atom. The predicted octanol–water partition coefficient (Wildman–Crippen LogP) is 4.54. The molecule has 0 aromatic heterocycles. The van der Waals surface area contributed by atoms with E-state index in [1.807, 2.05) is 0 Å². The maximum atomic E-state index is 4.02. The molecular formula is C16H31N. The number of hydrogen-bond acceptors (Lipinski definition) is 1. The van der Waals surface area contributed by atoms with Crippen LogP contribution in [-0.4, -0.2) is 13.1 Å². The molecule has 1 unspecified atom stereocenters. The van der Waals surface area contributed by atoms with Crippen molar-refractivity contribution in [2.24, 2.45) is 11.8 Å². The van der Waals surface area contributed by atoms with E-state index in [2.05, 4.69) is 32.8 Å². The van der Waals surface area contributed by atoms with Gasteiger partial charge in [-0.05, 0) is 51.5 Å². The van der Waals surface area contributed by atoms with Crippen molar-refractivity contribution in [1.82, 2.24) is 5.32 Å². The number of hydrogen-bond donors (Lipinski definition) is 1. The first-order valence-electron chi connectivity index (χ1n) is 7.49. The maximum absolute atomic E-state index is 4.02. The topological polar surface area (TPSA) is 12.0 Å². The normalized spacial score (nSPS) is 26.8. The third-order valence-corrected chi connectivity index (χ3v) is 4.41. The van der Waals surface area contributed by atoms with Crippen LogP contribution < -0.4 is 5.32 Å². The Balaban J connectivity index is 2.31. The van der Waals surface area contributed by atoms with Crippen LogP contribution in [0.3, 0.4) is 0 Å². The molecule has 1 aliphatic carbocycles. The average Bonchev–Trinajstić information content (AvgIpc) is 2.32. The molecule has 0 saturated heterocycles. The zero-order chi connectivity index (χ0) is 12.7. The zero-order valence-corrected chi connectivity index (χ0v) is 12.1. The molecule has 1 nitrogen and oxygen atoms in total. The van der Waals surface area contributed by atoms with Gasteiger partial charge in [-0.3, -0.25) is 0 Å². The van der Waals surface area contributed by atoms with E-state index in [0.29, 0.717) is 6.04 Å². The van der Waals surface area contributed by atoms with E-state index < -0.39 is 0 Å². The summed E-state index contributed by atoms with van der Waals surface area (Å²) in [5.41, 5.74) is 1.32. The van der Waals surface area contributed by atoms with E-state index in [-0.39, 0.29) is 0 Å². The predicted molar refractivity (Wildman–Crippen MR) is 77.3 cm³/mol. The van der Waals surface area contributed by atoms with Gasteiger partial charge in [0.2, 0.25) is 0 Å². The molecule has 1 aliphatic rings. The van der Waals surface area contributed by atoms with E-state index in [4.69, 9.17) is 0 Å². The Morgan fingerprint density at radius 3 is 2.41 bits per heavy atom. The summed E-state index contributed by atoms with van der Waals surface area (Å²) >= 11 is 0. The quantitative estimate of drug-likeness (QED) is 0.641. The zero-order valence-electron chi connectivity index (χ0n) is 12.1. The molecule has 0 radical (unpaired) electrons. The van der Waals surface area contributed by atoms with E-state index >= 15 is 0 Å². The summed E-state index contributed by atoms with van der Waals surface area (Å²) in [6.45, 7) is 8.47. The molecule has 1 N–H and O–H groups in total. The third kappa shape index (κ3) is 5.25. The van der Waals surface area contributed by atoms with E-state index in [1.54, 1.807) is 0 Å². The van der Waals surface area contributed by atoms with Crippen molar-refractivity contribution in [2.75, 3.05) is 7.05 Å². The first kappa shape index (κ1) is 14.8. The summed E-state index contributed by atoms with van der Waals surface area (Å²) in [6.07, 6.45) is 11.1. The molecule has 1 saturated carbocycles. The van der Waals surface area contributed by atoms with Crippen LogP contribution in [0.25, 0.3) is 0 Å². The first-order valence-corrected chi connectivity index (χ1v) is 7.49. The summed E-state index contributed by atoms with van der Waals surface area (Å²) in [5.74, 6) is 1.93. The van der Waals surface area contributed by atoms with Crippen LogP contribution in [0.4, 0.5) is 0 Å². The van der Waals surface area contributed by atoms with Crippen LogP contribution in [0.15, 0.2) is 12.2 Å². The van der Waals surface area contributed by atoms with Crippen LogP contribution in [-0.2, 0) is 0 Å². The van der Waals surface area contributed by atoms with Gasteiger partial charge in [-0.1, -0.05) is 38.2 Å². The minimum Gasteiger partial charge on any atom is -0.317 e. The Bertz CT molecular complexity index is 214. The van der Waals surface area contributed by atoms with Gasteiger partial charge in [-0.25, -0.2) is 0 Å². The Hall–Kier alpha value is -0.300. The second-order valence-corrected chi connectivity index (χ2v) is 5.96. The van der Waals surface area contributed by atoms with Crippen molar-refractivity contribution >= 4 is 0 Å². The molecule has 0 spiro atoms. The largest absolute Gasteiger partial charge is 0.317 e. The van der Waals surface area contributed by atoms with E-state index in [1.165, 1.54) is 56.9 Å². The number of allylic oxidation sites excluding steroid dienone is 1. The van der Waals surface area contributed by atoms with E-state index in [9.17, 15) is 0 Å². The minimum atomic E-state index is 0.717. The highest BCUT2D eigenvalue weighted by atomic mass is 14.9. The van der Waals surface area contributed by atoms with Crippen LogP contribution >= 0.6 is 0 Å². The Labute approximate surface area is 108 Å². The molecule has 1 heteroatoms. The van der Waals surface area contributed by atoms with Crippen molar-refractivity contribution < 1.29 is 0 Å². The summed E-state index contributed by atoms with van der Waals surface area (Å²) in [4.78, 5) is 0. The molecule has 1 atom stereocenters. The monoisotopic (exact) mass is 237 g/mol. The molecule has 1 fully saturated rings. The Morgan fingerprint density at radius 1 is 1.29 bits per heavy atom. The molecule has 0 aromatic rings. The lowest BCUT2D eigenvalue weighted by molar-refractivity contribution is 0.212. The second kappa shape index (κ2) is 7.92. The highest BCUT2D eigenvalue weighted by molar-refractivity contribution is 4.91. The van der Waals surface area contributed by atoms with Gasteiger partial charge in [0.1, 0.15) is 0 Å². The van der Waals surface area contributed by atoms with Crippen molar-refractivity contribution in [2.45, 2.75) is 71.3 Å². The highest BCUT2D eigenvalue weighted by Crippen LogP contribution is 2.34. The van der Waals surface area contributed by atoms with Crippen molar-refractivity contribution in [1.29, 1.82) is 0 Å². The first-order chi connectivity index (χ1) is 8.17. The smallest absolute Gasteiger partial charge is 0.00953 e. The summed E-state index contributed by atoms with van der Waals surface area (Å²) in [5, 5.41) is 3.53. The van der Waals surface area contributed by atoms with Crippen molar-refractivity contribution in [3.05, 3.63) is 12.2 Å². The van der Waals surface area contributed by atoms with Crippen LogP contribution in [0, 0.1) is 11.8 Å². The van der Waals surface area contributed by atoms with Gasteiger partial charge < -0.3 is 5.32 Å². The van der Waals surface area contributed by atoms with Crippen LogP contribution in [0.1, 0.15) is 65.2 Å². The second-order valence-electron chi connectivity index (χ2n) is 5.96. The molecule has 0 amide bonds. The summed E-state index contributed by atoms with van der Waals surface area (Å²) in [6, 6.07) is 0.717. The van der Waals surface area contributed by atoms with Gasteiger partial charge in [0, 0.05) is 6.04 Å². The molecule has 1 rings (SSSR count). The molecule has 0 aromatic carbocycles. The van der Waals surface area contributed by atoms with Gasteiger partial charge >= 0.3 is 0 Å². The van der Waals surface area contributed by atoms with Crippen molar-refractivity contribution in [3.8, 4) is 0 Å². The molecular weight excluding hydrogens is 206 g/mol. The minimum absolute atomic E-state index is 0.717. The van der Waals surface area contributed by atoms with E-state index in [0.717, 1.165) is 11.8 Å². The van der Waals surface area contributed by atoms with Crippen LogP contribution in [0.5, 0.6) is 0 Å². The fourth-order valence-electron chi connectivity index (χ4n) is 3.31. The van der Waals surface area contributed by atoms with Gasteiger partial charge in [0.15, 0.2) is 0 Å².